The normalized spacial score (nSPS) is 22.8. The quantitative estimate of drug-likeness (QED) is 0.881. The van der Waals surface area contributed by atoms with E-state index in [0.29, 0.717) is 6.04 Å². The lowest BCUT2D eigenvalue weighted by molar-refractivity contribution is 0.292. The van der Waals surface area contributed by atoms with E-state index in [2.05, 4.69) is 31.3 Å². The molecular formula is C18H27NO. The minimum absolute atomic E-state index is 0.633. The molecule has 1 aromatic carbocycles. The van der Waals surface area contributed by atoms with E-state index >= 15 is 0 Å². The summed E-state index contributed by atoms with van der Waals surface area (Å²) in [6.45, 7) is 6.47. The Hall–Kier alpha value is -1.02. The molecule has 0 spiro atoms. The van der Waals surface area contributed by atoms with E-state index in [1.807, 2.05) is 0 Å². The third kappa shape index (κ3) is 3.35. The van der Waals surface area contributed by atoms with E-state index in [9.17, 15) is 0 Å². The van der Waals surface area contributed by atoms with E-state index < -0.39 is 0 Å². The average Bonchev–Trinajstić information content (AvgIpc) is 3.28. The summed E-state index contributed by atoms with van der Waals surface area (Å²) in [5.41, 5.74) is 4.07. The number of piperidine rings is 1. The molecule has 2 fully saturated rings. The zero-order valence-electron chi connectivity index (χ0n) is 12.9. The van der Waals surface area contributed by atoms with Crippen molar-refractivity contribution in [3.63, 3.8) is 0 Å². The molecule has 1 aliphatic carbocycles. The maximum absolute atomic E-state index is 6.19. The van der Waals surface area contributed by atoms with Crippen LogP contribution in [-0.2, 0) is 6.42 Å². The fraction of sp³-hybridized carbons (Fsp3) is 0.667. The Bertz CT molecular complexity index is 459. The van der Waals surface area contributed by atoms with Gasteiger partial charge in [0.05, 0.1) is 6.61 Å². The Morgan fingerprint density at radius 3 is 2.70 bits per heavy atom. The number of rotatable bonds is 5. The molecule has 3 rings (SSSR count). The summed E-state index contributed by atoms with van der Waals surface area (Å²) in [5, 5.41) is 3.65. The Kier molecular flexibility index (Phi) is 4.30. The van der Waals surface area contributed by atoms with E-state index in [0.717, 1.165) is 18.9 Å². The van der Waals surface area contributed by atoms with Gasteiger partial charge in [-0.25, -0.2) is 0 Å². The molecule has 20 heavy (non-hydrogen) atoms. The highest BCUT2D eigenvalue weighted by Gasteiger charge is 2.23. The number of hydrogen-bond acceptors (Lipinski definition) is 2. The predicted octanol–water partition coefficient (Wildman–Crippen LogP) is 3.78. The summed E-state index contributed by atoms with van der Waals surface area (Å²) < 4.78 is 6.19. The van der Waals surface area contributed by atoms with Crippen molar-refractivity contribution in [1.82, 2.24) is 5.32 Å². The molecule has 1 saturated carbocycles. The van der Waals surface area contributed by atoms with Crippen molar-refractivity contribution in [2.45, 2.75) is 58.4 Å². The van der Waals surface area contributed by atoms with Crippen LogP contribution in [0, 0.1) is 19.8 Å². The van der Waals surface area contributed by atoms with Gasteiger partial charge in [0.2, 0.25) is 0 Å². The highest BCUT2D eigenvalue weighted by Crippen LogP contribution is 2.33. The average molecular weight is 273 g/mol. The maximum Gasteiger partial charge on any atom is 0.125 e. The van der Waals surface area contributed by atoms with Crippen LogP contribution < -0.4 is 10.1 Å². The van der Waals surface area contributed by atoms with Crippen LogP contribution in [0.3, 0.4) is 0 Å². The van der Waals surface area contributed by atoms with Crippen LogP contribution in [0.25, 0.3) is 0 Å². The van der Waals surface area contributed by atoms with E-state index in [4.69, 9.17) is 4.74 Å². The first kappa shape index (κ1) is 13.9. The van der Waals surface area contributed by atoms with Crippen molar-refractivity contribution in [1.29, 1.82) is 0 Å². The molecule has 1 N–H and O–H groups in total. The van der Waals surface area contributed by atoms with Gasteiger partial charge in [-0.05, 0) is 75.1 Å². The van der Waals surface area contributed by atoms with E-state index in [1.165, 1.54) is 61.1 Å². The van der Waals surface area contributed by atoms with Crippen molar-refractivity contribution in [3.8, 4) is 5.75 Å². The molecule has 1 saturated heterocycles. The predicted molar refractivity (Wildman–Crippen MR) is 83.5 cm³/mol. The lowest BCUT2D eigenvalue weighted by atomic mass is 9.95. The summed E-state index contributed by atoms with van der Waals surface area (Å²) in [5.74, 6) is 1.99. The first-order valence-corrected chi connectivity index (χ1v) is 8.19. The summed E-state index contributed by atoms with van der Waals surface area (Å²) >= 11 is 0. The van der Waals surface area contributed by atoms with Gasteiger partial charge in [0, 0.05) is 6.04 Å². The number of hydrogen-bond donors (Lipinski definition) is 1. The summed E-state index contributed by atoms with van der Waals surface area (Å²) in [4.78, 5) is 0. The second-order valence-corrected chi connectivity index (χ2v) is 6.60. The molecule has 2 aliphatic rings. The van der Waals surface area contributed by atoms with Crippen LogP contribution in [0.2, 0.25) is 0 Å². The molecule has 2 heteroatoms. The zero-order valence-corrected chi connectivity index (χ0v) is 12.9. The van der Waals surface area contributed by atoms with Crippen LogP contribution >= 0.6 is 0 Å². The standard InChI is InChI=1S/C18H27NO/c1-13-6-9-16(11-17-5-3-4-10-19-17)18(14(13)2)20-12-15-7-8-15/h6,9,15,17,19H,3-5,7-8,10-12H2,1-2H3. The molecule has 0 radical (unpaired) electrons. The SMILES string of the molecule is Cc1ccc(CC2CCCCN2)c(OCC2CC2)c1C. The Balaban J connectivity index is 1.74. The topological polar surface area (TPSA) is 21.3 Å². The molecule has 1 aliphatic heterocycles. The lowest BCUT2D eigenvalue weighted by Crippen LogP contribution is -2.35. The van der Waals surface area contributed by atoms with Gasteiger partial charge in [0.25, 0.3) is 0 Å². The van der Waals surface area contributed by atoms with Gasteiger partial charge >= 0.3 is 0 Å². The van der Waals surface area contributed by atoms with Gasteiger partial charge in [0.15, 0.2) is 0 Å². The number of ether oxygens (including phenoxy) is 1. The molecule has 110 valence electrons. The third-order valence-corrected chi connectivity index (χ3v) is 4.80. The van der Waals surface area contributed by atoms with Crippen molar-refractivity contribution >= 4 is 0 Å². The first-order chi connectivity index (χ1) is 9.74. The summed E-state index contributed by atoms with van der Waals surface area (Å²) in [6.07, 6.45) is 7.81. The molecule has 1 aromatic rings. The second-order valence-electron chi connectivity index (χ2n) is 6.60. The molecule has 1 heterocycles. The second kappa shape index (κ2) is 6.17. The molecular weight excluding hydrogens is 246 g/mol. The van der Waals surface area contributed by atoms with Gasteiger partial charge in [-0.1, -0.05) is 18.6 Å². The molecule has 1 unspecified atom stereocenters. The van der Waals surface area contributed by atoms with Gasteiger partial charge < -0.3 is 10.1 Å². The van der Waals surface area contributed by atoms with E-state index in [1.54, 1.807) is 0 Å². The zero-order chi connectivity index (χ0) is 13.9. The highest BCUT2D eigenvalue weighted by molar-refractivity contribution is 5.45. The molecule has 0 amide bonds. The Morgan fingerprint density at radius 2 is 2.00 bits per heavy atom. The fourth-order valence-electron chi connectivity index (χ4n) is 3.06. The number of aryl methyl sites for hydroxylation is 1. The van der Waals surface area contributed by atoms with Gasteiger partial charge in [0.1, 0.15) is 5.75 Å². The minimum atomic E-state index is 0.633. The highest BCUT2D eigenvalue weighted by atomic mass is 16.5. The van der Waals surface area contributed by atoms with Crippen LogP contribution in [0.15, 0.2) is 12.1 Å². The molecule has 0 bridgehead atoms. The Morgan fingerprint density at radius 1 is 1.15 bits per heavy atom. The molecule has 1 atom stereocenters. The number of nitrogens with one attached hydrogen (secondary N) is 1. The third-order valence-electron chi connectivity index (χ3n) is 4.80. The monoisotopic (exact) mass is 273 g/mol. The smallest absolute Gasteiger partial charge is 0.125 e. The number of benzene rings is 1. The lowest BCUT2D eigenvalue weighted by Gasteiger charge is -2.25. The van der Waals surface area contributed by atoms with Crippen molar-refractivity contribution in [3.05, 3.63) is 28.8 Å². The first-order valence-electron chi connectivity index (χ1n) is 8.19. The van der Waals surface area contributed by atoms with Gasteiger partial charge in [-0.15, -0.1) is 0 Å². The van der Waals surface area contributed by atoms with Crippen LogP contribution in [0.4, 0.5) is 0 Å². The molecule has 2 nitrogen and oxygen atoms in total. The van der Waals surface area contributed by atoms with Crippen molar-refractivity contribution in [2.75, 3.05) is 13.2 Å². The van der Waals surface area contributed by atoms with Crippen LogP contribution in [-0.4, -0.2) is 19.2 Å². The summed E-state index contributed by atoms with van der Waals surface area (Å²) in [6, 6.07) is 5.16. The minimum Gasteiger partial charge on any atom is -0.493 e. The molecule has 0 aromatic heterocycles. The maximum atomic E-state index is 6.19. The van der Waals surface area contributed by atoms with E-state index in [-0.39, 0.29) is 0 Å². The van der Waals surface area contributed by atoms with Gasteiger partial charge in [-0.2, -0.15) is 0 Å². The van der Waals surface area contributed by atoms with Crippen LogP contribution in [0.1, 0.15) is 48.8 Å². The van der Waals surface area contributed by atoms with Gasteiger partial charge in [-0.3, -0.25) is 0 Å². The van der Waals surface area contributed by atoms with Crippen molar-refractivity contribution in [2.24, 2.45) is 5.92 Å². The Labute approximate surface area is 122 Å². The fourth-order valence-corrected chi connectivity index (χ4v) is 3.06. The van der Waals surface area contributed by atoms with Crippen molar-refractivity contribution < 1.29 is 4.74 Å². The largest absolute Gasteiger partial charge is 0.493 e. The van der Waals surface area contributed by atoms with Crippen LogP contribution in [0.5, 0.6) is 5.75 Å². The summed E-state index contributed by atoms with van der Waals surface area (Å²) in [7, 11) is 0.